The highest BCUT2D eigenvalue weighted by atomic mass is 35.5. The highest BCUT2D eigenvalue weighted by Crippen LogP contribution is 2.52. The molecule has 0 saturated heterocycles. The molecule has 0 saturated carbocycles. The Morgan fingerprint density at radius 1 is 0.542 bits per heavy atom. The van der Waals surface area contributed by atoms with Crippen molar-refractivity contribution < 1.29 is 80.1 Å². The maximum absolute atomic E-state index is 13.2. The standard InChI is InChI=1S/C54H71ClN2O15/c1-56(20-17-35-28-46(66-9)52(69-12)53(70-13)48(35)39(56)24-33-25-42(62-5)50(67-10)43(26-33)63-6)18-14-22-71-47(58)32-38(55)54(59)72-23-15-19-57(2)21-16-34-27-40(60-3)41(61-4)31-37(34)49(57)36-29-44(64-7)51(68-11)45(30-36)65-8/h25-32,39,49H,14-24H2,1-13H3/q+2/b38-32-/t39-,49-,56-,57-/m1/s1. The predicted molar refractivity (Wildman–Crippen MR) is 270 cm³/mol. The quantitative estimate of drug-likeness (QED) is 0.0290. The average molecular weight is 1020 g/mol. The third kappa shape index (κ3) is 11.4. The maximum atomic E-state index is 13.2. The largest absolute Gasteiger partial charge is 0.493 e. The number of carbonyl (C=O) groups excluding carboxylic acids is 2. The SMILES string of the molecule is COc1cc2c(cc1OC)[C@@H](c1cc(OC)c(OC)c(OC)c1)[N@+](C)(CCCOC(=O)/C(Cl)=C/C(=O)OCCC[N@+]1(C)CCc3cc(OC)c(OC)c(OC)c3[C@H]1Cc1cc(OC)c(OC)c(OC)c1)CC2. The summed E-state index contributed by atoms with van der Waals surface area (Å²) in [6.45, 7) is 2.93. The Morgan fingerprint density at radius 2 is 1.00 bits per heavy atom. The van der Waals surface area contributed by atoms with Crippen LogP contribution in [-0.2, 0) is 38.3 Å². The normalized spacial score (nSPS) is 19.2. The van der Waals surface area contributed by atoms with E-state index in [1.807, 2.05) is 42.5 Å². The zero-order chi connectivity index (χ0) is 52.3. The fourth-order valence-electron chi connectivity index (χ4n) is 10.5. The first-order valence-corrected chi connectivity index (χ1v) is 24.1. The van der Waals surface area contributed by atoms with Crippen molar-refractivity contribution >= 4 is 23.5 Å². The van der Waals surface area contributed by atoms with Gasteiger partial charge in [0.2, 0.25) is 17.2 Å². The van der Waals surface area contributed by atoms with Gasteiger partial charge >= 0.3 is 11.9 Å². The van der Waals surface area contributed by atoms with E-state index < -0.39 is 11.9 Å². The molecule has 2 aliphatic heterocycles. The number of benzene rings is 4. The van der Waals surface area contributed by atoms with Crippen molar-refractivity contribution in [3.8, 4) is 63.2 Å². The molecule has 4 aromatic carbocycles. The summed E-state index contributed by atoms with van der Waals surface area (Å²) in [4.78, 5) is 26.3. The number of nitrogens with zero attached hydrogens (tertiary/aromatic N) is 2. The van der Waals surface area contributed by atoms with Gasteiger partial charge in [0, 0.05) is 49.3 Å². The smallest absolute Gasteiger partial charge is 0.350 e. The number of likely N-dealkylation sites (N-methyl/N-ethyl adjacent to an activating group) is 2. The van der Waals surface area contributed by atoms with Crippen LogP contribution < -0.4 is 52.1 Å². The van der Waals surface area contributed by atoms with Gasteiger partial charge in [-0.2, -0.15) is 0 Å². The predicted octanol–water partition coefficient (Wildman–Crippen LogP) is 7.85. The van der Waals surface area contributed by atoms with Crippen LogP contribution in [0.25, 0.3) is 0 Å². The number of hydrogen-bond donors (Lipinski definition) is 0. The van der Waals surface area contributed by atoms with Crippen molar-refractivity contribution in [2.24, 2.45) is 0 Å². The van der Waals surface area contributed by atoms with Crippen molar-refractivity contribution in [2.75, 3.05) is 132 Å². The number of hydrogen-bond acceptors (Lipinski definition) is 15. The number of carbonyl (C=O) groups is 2. The van der Waals surface area contributed by atoms with Crippen molar-refractivity contribution in [3.05, 3.63) is 87.0 Å². The van der Waals surface area contributed by atoms with Crippen LogP contribution in [0.1, 0.15) is 58.3 Å². The van der Waals surface area contributed by atoms with E-state index in [0.29, 0.717) is 105 Å². The summed E-state index contributed by atoms with van der Waals surface area (Å²) < 4.78 is 75.7. The molecule has 72 heavy (non-hydrogen) atoms. The summed E-state index contributed by atoms with van der Waals surface area (Å²) in [5, 5.41) is -0.378. The van der Waals surface area contributed by atoms with Crippen LogP contribution in [0.15, 0.2) is 53.6 Å². The lowest BCUT2D eigenvalue weighted by molar-refractivity contribution is -0.941. The summed E-state index contributed by atoms with van der Waals surface area (Å²) in [6, 6.07) is 13.6. The minimum absolute atomic E-state index is 0.0624. The Balaban J connectivity index is 1.12. The van der Waals surface area contributed by atoms with Crippen molar-refractivity contribution in [1.82, 2.24) is 0 Å². The third-order valence-electron chi connectivity index (χ3n) is 14.1. The third-order valence-corrected chi connectivity index (χ3v) is 14.4. The highest BCUT2D eigenvalue weighted by molar-refractivity contribution is 6.42. The maximum Gasteiger partial charge on any atom is 0.350 e. The van der Waals surface area contributed by atoms with Gasteiger partial charge < -0.3 is 70.5 Å². The molecule has 0 N–H and O–H groups in total. The first-order chi connectivity index (χ1) is 34.6. The van der Waals surface area contributed by atoms with Crippen LogP contribution in [0.2, 0.25) is 0 Å². The van der Waals surface area contributed by atoms with Crippen LogP contribution in [0.3, 0.4) is 0 Å². The monoisotopic (exact) mass is 1020 g/mol. The van der Waals surface area contributed by atoms with Crippen LogP contribution in [0, 0.1) is 0 Å². The zero-order valence-corrected chi connectivity index (χ0v) is 44.7. The van der Waals surface area contributed by atoms with Crippen LogP contribution in [-0.4, -0.2) is 153 Å². The first kappa shape index (κ1) is 54.9. The molecule has 0 radical (unpaired) electrons. The van der Waals surface area contributed by atoms with Gasteiger partial charge in [-0.15, -0.1) is 0 Å². The number of fused-ring (bicyclic) bond motifs is 2. The molecular weight excluding hydrogens is 952 g/mol. The second kappa shape index (κ2) is 24.3. The van der Waals surface area contributed by atoms with Gasteiger partial charge in [0.05, 0.1) is 137 Å². The molecule has 0 amide bonds. The van der Waals surface area contributed by atoms with Crippen LogP contribution in [0.4, 0.5) is 0 Å². The van der Waals surface area contributed by atoms with Crippen molar-refractivity contribution in [3.63, 3.8) is 0 Å². The summed E-state index contributed by atoms with van der Waals surface area (Å²) in [5.74, 6) is 4.54. The summed E-state index contributed by atoms with van der Waals surface area (Å²) in [5.41, 5.74) is 6.18. The van der Waals surface area contributed by atoms with Crippen LogP contribution in [0.5, 0.6) is 63.2 Å². The van der Waals surface area contributed by atoms with Gasteiger partial charge in [0.1, 0.15) is 17.1 Å². The van der Waals surface area contributed by atoms with E-state index in [-0.39, 0.29) is 30.3 Å². The molecule has 0 unspecified atom stereocenters. The zero-order valence-electron chi connectivity index (χ0n) is 43.9. The van der Waals surface area contributed by atoms with E-state index in [1.165, 1.54) is 0 Å². The van der Waals surface area contributed by atoms with E-state index in [9.17, 15) is 9.59 Å². The number of quaternary nitrogens is 2. The second-order valence-electron chi connectivity index (χ2n) is 18.1. The van der Waals surface area contributed by atoms with Crippen LogP contribution >= 0.6 is 11.6 Å². The molecule has 2 aliphatic rings. The van der Waals surface area contributed by atoms with E-state index >= 15 is 0 Å². The second-order valence-corrected chi connectivity index (χ2v) is 18.5. The van der Waals surface area contributed by atoms with Gasteiger partial charge in [0.15, 0.2) is 46.0 Å². The Morgan fingerprint density at radius 3 is 1.54 bits per heavy atom. The number of methoxy groups -OCH3 is 11. The lowest BCUT2D eigenvalue weighted by Crippen LogP contribution is -2.52. The minimum Gasteiger partial charge on any atom is -0.493 e. The number of rotatable bonds is 24. The fraction of sp³-hybridized carbons (Fsp3) is 0.481. The first-order valence-electron chi connectivity index (χ1n) is 23.7. The molecule has 2 heterocycles. The summed E-state index contributed by atoms with van der Waals surface area (Å²) >= 11 is 6.38. The van der Waals surface area contributed by atoms with Gasteiger partial charge in [-0.05, 0) is 59.2 Å². The molecule has 0 bridgehead atoms. The molecule has 17 nitrogen and oxygen atoms in total. The Kier molecular flexibility index (Phi) is 18.5. The number of halogens is 1. The number of ether oxygens (including phenoxy) is 13. The van der Waals surface area contributed by atoms with Gasteiger partial charge in [0.25, 0.3) is 0 Å². The topological polar surface area (TPSA) is 154 Å². The Hall–Kier alpha value is -6.43. The van der Waals surface area contributed by atoms with Gasteiger partial charge in [-0.25, -0.2) is 9.59 Å². The minimum atomic E-state index is -0.820. The Labute approximate surface area is 428 Å². The van der Waals surface area contributed by atoms with Gasteiger partial charge in [-0.3, -0.25) is 0 Å². The molecule has 0 aromatic heterocycles. The summed E-state index contributed by atoms with van der Waals surface area (Å²) in [7, 11) is 21.9. The molecular formula is C54H71ClN2O15+2. The molecule has 392 valence electrons. The van der Waals surface area contributed by atoms with E-state index in [4.69, 9.17) is 73.2 Å². The van der Waals surface area contributed by atoms with Crippen molar-refractivity contribution in [2.45, 2.75) is 44.2 Å². The van der Waals surface area contributed by atoms with E-state index in [0.717, 1.165) is 65.4 Å². The molecule has 18 heteroatoms. The molecule has 0 spiro atoms. The van der Waals surface area contributed by atoms with E-state index in [1.54, 1.807) is 78.2 Å². The molecule has 6 rings (SSSR count). The fourth-order valence-corrected chi connectivity index (χ4v) is 10.6. The van der Waals surface area contributed by atoms with Crippen molar-refractivity contribution in [1.29, 1.82) is 0 Å². The van der Waals surface area contributed by atoms with Gasteiger partial charge in [-0.1, -0.05) is 11.6 Å². The molecule has 4 aromatic rings. The Bertz CT molecular complexity index is 2550. The lowest BCUT2D eigenvalue weighted by Gasteiger charge is -2.46. The number of esters is 2. The molecule has 4 atom stereocenters. The highest BCUT2D eigenvalue weighted by Gasteiger charge is 2.44. The van der Waals surface area contributed by atoms with E-state index in [2.05, 4.69) is 14.1 Å². The molecule has 0 fully saturated rings. The molecule has 0 aliphatic carbocycles. The summed E-state index contributed by atoms with van der Waals surface area (Å²) in [6.07, 6.45) is 4.04. The average Bonchev–Trinajstić information content (AvgIpc) is 3.39. The lowest BCUT2D eigenvalue weighted by atomic mass is 9.85.